The lowest BCUT2D eigenvalue weighted by molar-refractivity contribution is -0.141. The summed E-state index contributed by atoms with van der Waals surface area (Å²) in [6.45, 7) is 0.937. The lowest BCUT2D eigenvalue weighted by Crippen LogP contribution is -2.48. The van der Waals surface area contributed by atoms with Crippen LogP contribution in [0.4, 0.5) is 5.69 Å². The first-order valence-corrected chi connectivity index (χ1v) is 6.92. The number of halogens is 1. The van der Waals surface area contributed by atoms with E-state index in [1.54, 1.807) is 18.2 Å². The second-order valence-corrected chi connectivity index (χ2v) is 5.42. The minimum Gasteiger partial charge on any atom is -0.482 e. The number of carbonyl (C=O) groups excluding carboxylic acids is 2. The molecular formula is C13H13BrN2O5. The van der Waals surface area contributed by atoms with Crippen LogP contribution in [0.3, 0.4) is 0 Å². The van der Waals surface area contributed by atoms with Gasteiger partial charge in [0.1, 0.15) is 18.3 Å². The molecule has 0 saturated carbocycles. The van der Waals surface area contributed by atoms with Crippen LogP contribution in [0.5, 0.6) is 5.75 Å². The lowest BCUT2D eigenvalue weighted by Gasteiger charge is -2.29. The number of benzene rings is 1. The molecule has 0 aromatic heterocycles. The summed E-state index contributed by atoms with van der Waals surface area (Å²) in [5, 5.41) is 11.1. The van der Waals surface area contributed by atoms with Crippen LogP contribution in [-0.4, -0.2) is 42.1 Å². The van der Waals surface area contributed by atoms with Crippen molar-refractivity contribution in [3.63, 3.8) is 0 Å². The standard InChI is InChI=1S/C13H13BrN2O5/c1-7(13(19)20)15-11(17)5-16-9-3-2-8(14)4-10(9)21-6-12(16)18/h2-4,7H,5-6H2,1H3,(H,15,17)(H,19,20)/t7-/m1/s1. The first-order valence-electron chi connectivity index (χ1n) is 6.13. The second kappa shape index (κ2) is 6.13. The van der Waals surface area contributed by atoms with Gasteiger partial charge < -0.3 is 15.2 Å². The molecule has 21 heavy (non-hydrogen) atoms. The summed E-state index contributed by atoms with van der Waals surface area (Å²) in [5.74, 6) is -1.55. The molecule has 0 bridgehead atoms. The molecule has 1 heterocycles. The highest BCUT2D eigenvalue weighted by Crippen LogP contribution is 2.34. The topological polar surface area (TPSA) is 95.9 Å². The molecule has 8 heteroatoms. The number of aliphatic carboxylic acids is 1. The van der Waals surface area contributed by atoms with Crippen LogP contribution >= 0.6 is 15.9 Å². The third kappa shape index (κ3) is 3.52. The molecule has 7 nitrogen and oxygen atoms in total. The van der Waals surface area contributed by atoms with E-state index in [1.807, 2.05) is 0 Å². The molecule has 0 unspecified atom stereocenters. The van der Waals surface area contributed by atoms with E-state index < -0.39 is 17.9 Å². The van der Waals surface area contributed by atoms with E-state index in [9.17, 15) is 14.4 Å². The maximum atomic E-state index is 11.9. The number of fused-ring (bicyclic) bond motifs is 1. The number of carbonyl (C=O) groups is 3. The number of nitrogens with one attached hydrogen (secondary N) is 1. The first-order chi connectivity index (χ1) is 9.88. The predicted molar refractivity (Wildman–Crippen MR) is 77.2 cm³/mol. The van der Waals surface area contributed by atoms with E-state index in [-0.39, 0.29) is 19.1 Å². The smallest absolute Gasteiger partial charge is 0.325 e. The van der Waals surface area contributed by atoms with Crippen molar-refractivity contribution in [3.05, 3.63) is 22.7 Å². The number of rotatable bonds is 4. The number of anilines is 1. The van der Waals surface area contributed by atoms with Crippen LogP contribution in [0.1, 0.15) is 6.92 Å². The van der Waals surface area contributed by atoms with Crippen molar-refractivity contribution in [1.29, 1.82) is 0 Å². The number of hydrogen-bond acceptors (Lipinski definition) is 4. The average molecular weight is 357 g/mol. The zero-order valence-electron chi connectivity index (χ0n) is 11.1. The van der Waals surface area contributed by atoms with Crippen molar-refractivity contribution in [2.75, 3.05) is 18.1 Å². The Labute approximate surface area is 129 Å². The molecule has 0 fully saturated rings. The van der Waals surface area contributed by atoms with Crippen LogP contribution in [-0.2, 0) is 14.4 Å². The van der Waals surface area contributed by atoms with Crippen molar-refractivity contribution in [3.8, 4) is 5.75 Å². The van der Waals surface area contributed by atoms with E-state index in [2.05, 4.69) is 21.2 Å². The largest absolute Gasteiger partial charge is 0.482 e. The van der Waals surface area contributed by atoms with Crippen LogP contribution in [0, 0.1) is 0 Å². The molecule has 2 N–H and O–H groups in total. The van der Waals surface area contributed by atoms with Crippen molar-refractivity contribution in [1.82, 2.24) is 5.32 Å². The summed E-state index contributed by atoms with van der Waals surface area (Å²) in [6, 6.07) is 4.07. The third-order valence-corrected chi connectivity index (χ3v) is 3.41. The Morgan fingerprint density at radius 1 is 1.52 bits per heavy atom. The minimum absolute atomic E-state index is 0.161. The fraction of sp³-hybridized carbons (Fsp3) is 0.308. The van der Waals surface area contributed by atoms with Crippen LogP contribution in [0.2, 0.25) is 0 Å². The molecule has 1 aromatic carbocycles. The lowest BCUT2D eigenvalue weighted by atomic mass is 10.2. The van der Waals surface area contributed by atoms with Crippen LogP contribution in [0.25, 0.3) is 0 Å². The summed E-state index contributed by atoms with van der Waals surface area (Å²) in [4.78, 5) is 35.7. The molecule has 1 aromatic rings. The molecule has 0 saturated heterocycles. The Kier molecular flexibility index (Phi) is 4.46. The monoisotopic (exact) mass is 356 g/mol. The highest BCUT2D eigenvalue weighted by molar-refractivity contribution is 9.10. The quantitative estimate of drug-likeness (QED) is 0.830. The van der Waals surface area contributed by atoms with Gasteiger partial charge in [0.2, 0.25) is 5.91 Å². The van der Waals surface area contributed by atoms with Gasteiger partial charge in [-0.1, -0.05) is 15.9 Å². The van der Waals surface area contributed by atoms with E-state index in [0.29, 0.717) is 11.4 Å². The zero-order chi connectivity index (χ0) is 15.6. The van der Waals surface area contributed by atoms with Crippen molar-refractivity contribution in [2.24, 2.45) is 0 Å². The zero-order valence-corrected chi connectivity index (χ0v) is 12.7. The van der Waals surface area contributed by atoms with Gasteiger partial charge in [-0.3, -0.25) is 19.3 Å². The molecule has 0 aliphatic carbocycles. The SMILES string of the molecule is C[C@@H](NC(=O)CN1C(=O)COc2cc(Br)ccc21)C(=O)O. The van der Waals surface area contributed by atoms with E-state index in [4.69, 9.17) is 9.84 Å². The minimum atomic E-state index is -1.14. The number of carboxylic acids is 1. The van der Waals surface area contributed by atoms with Gasteiger partial charge in [0.25, 0.3) is 5.91 Å². The summed E-state index contributed by atoms with van der Waals surface area (Å²) in [5.41, 5.74) is 0.479. The Hall–Kier alpha value is -2.09. The highest BCUT2D eigenvalue weighted by atomic mass is 79.9. The predicted octanol–water partition coefficient (Wildman–Crippen LogP) is 0.764. The summed E-state index contributed by atoms with van der Waals surface area (Å²) < 4.78 is 6.09. The molecule has 2 rings (SSSR count). The van der Waals surface area contributed by atoms with Gasteiger partial charge in [-0.05, 0) is 25.1 Å². The Morgan fingerprint density at radius 2 is 2.24 bits per heavy atom. The fourth-order valence-corrected chi connectivity index (χ4v) is 2.18. The number of amides is 2. The van der Waals surface area contributed by atoms with Gasteiger partial charge in [-0.15, -0.1) is 0 Å². The molecule has 0 spiro atoms. The summed E-state index contributed by atoms with van der Waals surface area (Å²) in [7, 11) is 0. The first kappa shape index (κ1) is 15.3. The van der Waals surface area contributed by atoms with Gasteiger partial charge in [-0.25, -0.2) is 0 Å². The molecule has 1 aliphatic rings. The number of ether oxygens (including phenoxy) is 1. The van der Waals surface area contributed by atoms with Gasteiger partial charge in [0.05, 0.1) is 5.69 Å². The fourth-order valence-electron chi connectivity index (χ4n) is 1.84. The van der Waals surface area contributed by atoms with Gasteiger partial charge >= 0.3 is 5.97 Å². The van der Waals surface area contributed by atoms with Gasteiger partial charge in [-0.2, -0.15) is 0 Å². The van der Waals surface area contributed by atoms with E-state index in [1.165, 1.54) is 11.8 Å². The Bertz CT molecular complexity index is 604. The van der Waals surface area contributed by atoms with Gasteiger partial charge in [0, 0.05) is 4.47 Å². The van der Waals surface area contributed by atoms with Gasteiger partial charge in [0.15, 0.2) is 6.61 Å². The van der Waals surface area contributed by atoms with Crippen LogP contribution < -0.4 is 15.0 Å². The van der Waals surface area contributed by atoms with E-state index >= 15 is 0 Å². The molecular weight excluding hydrogens is 344 g/mol. The summed E-state index contributed by atoms with van der Waals surface area (Å²) >= 11 is 3.30. The van der Waals surface area contributed by atoms with Crippen molar-refractivity contribution < 1.29 is 24.2 Å². The Balaban J connectivity index is 2.15. The second-order valence-electron chi connectivity index (χ2n) is 4.51. The normalized spacial score (nSPS) is 15.0. The number of nitrogens with zero attached hydrogens (tertiary/aromatic N) is 1. The van der Waals surface area contributed by atoms with Crippen LogP contribution in [0.15, 0.2) is 22.7 Å². The molecule has 112 valence electrons. The van der Waals surface area contributed by atoms with Crippen molar-refractivity contribution in [2.45, 2.75) is 13.0 Å². The molecule has 0 radical (unpaired) electrons. The maximum Gasteiger partial charge on any atom is 0.325 e. The Morgan fingerprint density at radius 3 is 2.90 bits per heavy atom. The van der Waals surface area contributed by atoms with E-state index in [0.717, 1.165) is 4.47 Å². The molecule has 1 aliphatic heterocycles. The number of hydrogen-bond donors (Lipinski definition) is 2. The average Bonchev–Trinajstić information content (AvgIpc) is 2.41. The molecule has 1 atom stereocenters. The summed E-state index contributed by atoms with van der Waals surface area (Å²) in [6.07, 6.45) is 0. The number of carboxylic acid groups (broad SMARTS) is 1. The third-order valence-electron chi connectivity index (χ3n) is 2.91. The molecule has 2 amide bonds. The highest BCUT2D eigenvalue weighted by Gasteiger charge is 2.28. The maximum absolute atomic E-state index is 11.9. The van der Waals surface area contributed by atoms with Crippen molar-refractivity contribution >= 4 is 39.4 Å².